The maximum atomic E-state index is 6.26. The van der Waals surface area contributed by atoms with E-state index in [0.29, 0.717) is 29.0 Å². The van der Waals surface area contributed by atoms with Crippen LogP contribution in [0.1, 0.15) is 63.5 Å². The molecule has 0 fully saturated rings. The van der Waals surface area contributed by atoms with Gasteiger partial charge in [-0.2, -0.15) is 0 Å². The van der Waals surface area contributed by atoms with E-state index in [1.54, 1.807) is 6.07 Å². The van der Waals surface area contributed by atoms with Crippen LogP contribution >= 0.6 is 39.1 Å². The molecule has 0 unspecified atom stereocenters. The Balaban J connectivity index is 1.92. The van der Waals surface area contributed by atoms with Crippen molar-refractivity contribution in [3.8, 4) is 11.5 Å². The summed E-state index contributed by atoms with van der Waals surface area (Å²) in [4.78, 5) is 0. The van der Waals surface area contributed by atoms with Crippen molar-refractivity contribution >= 4 is 39.1 Å². The van der Waals surface area contributed by atoms with Crippen LogP contribution in [0.25, 0.3) is 0 Å². The number of unbranched alkanes of at least 4 members (excludes halogenated alkanes) is 5. The standard InChI is InChI=1S/C24H32BrCl2NO2/c1-3-5-6-7-8-9-12-28-16-18-13-21(25)24(23(14-18)29-4-2)30-17-19-10-11-20(26)15-22(19)27/h10-11,13-15,28H,3-9,12,16-17H2,1-2H3. The molecule has 1 N–H and O–H groups in total. The van der Waals surface area contributed by atoms with Crippen molar-refractivity contribution in [2.75, 3.05) is 13.2 Å². The van der Waals surface area contributed by atoms with Gasteiger partial charge in [0.2, 0.25) is 0 Å². The minimum Gasteiger partial charge on any atom is -0.490 e. The van der Waals surface area contributed by atoms with Crippen molar-refractivity contribution in [1.29, 1.82) is 0 Å². The zero-order valence-electron chi connectivity index (χ0n) is 17.9. The molecule has 0 saturated heterocycles. The largest absolute Gasteiger partial charge is 0.490 e. The molecule has 0 aliphatic rings. The van der Waals surface area contributed by atoms with Crippen molar-refractivity contribution in [2.24, 2.45) is 0 Å². The number of nitrogens with one attached hydrogen (secondary N) is 1. The molecule has 0 amide bonds. The summed E-state index contributed by atoms with van der Waals surface area (Å²) in [5.41, 5.74) is 2.04. The number of halogens is 3. The van der Waals surface area contributed by atoms with Crippen LogP contribution < -0.4 is 14.8 Å². The van der Waals surface area contributed by atoms with E-state index in [1.165, 1.54) is 38.5 Å². The van der Waals surface area contributed by atoms with Gasteiger partial charge in [-0.05, 0) is 65.6 Å². The van der Waals surface area contributed by atoms with Crippen molar-refractivity contribution in [1.82, 2.24) is 5.32 Å². The van der Waals surface area contributed by atoms with Gasteiger partial charge in [-0.15, -0.1) is 0 Å². The van der Waals surface area contributed by atoms with E-state index in [2.05, 4.69) is 34.2 Å². The monoisotopic (exact) mass is 515 g/mol. The Bertz CT molecular complexity index is 786. The Labute approximate surface area is 199 Å². The highest BCUT2D eigenvalue weighted by Crippen LogP contribution is 2.38. The minimum absolute atomic E-state index is 0.338. The van der Waals surface area contributed by atoms with Gasteiger partial charge >= 0.3 is 0 Å². The van der Waals surface area contributed by atoms with Gasteiger partial charge in [0.05, 0.1) is 11.1 Å². The van der Waals surface area contributed by atoms with Crippen LogP contribution in [0, 0.1) is 0 Å². The Morgan fingerprint density at radius 1 is 0.933 bits per heavy atom. The molecule has 0 heterocycles. The SMILES string of the molecule is CCCCCCCCNCc1cc(Br)c(OCc2ccc(Cl)cc2Cl)c(OCC)c1. The molecular weight excluding hydrogens is 485 g/mol. The van der Waals surface area contributed by atoms with E-state index >= 15 is 0 Å². The maximum Gasteiger partial charge on any atom is 0.175 e. The van der Waals surface area contributed by atoms with Crippen LogP contribution in [0.5, 0.6) is 11.5 Å². The van der Waals surface area contributed by atoms with Gasteiger partial charge in [0.1, 0.15) is 6.61 Å². The lowest BCUT2D eigenvalue weighted by Crippen LogP contribution is -2.15. The Hall–Kier alpha value is -0.940. The third-order valence-electron chi connectivity index (χ3n) is 4.79. The van der Waals surface area contributed by atoms with Crippen LogP contribution in [-0.2, 0) is 13.2 Å². The lowest BCUT2D eigenvalue weighted by molar-refractivity contribution is 0.267. The molecule has 2 aromatic carbocycles. The highest BCUT2D eigenvalue weighted by molar-refractivity contribution is 9.10. The number of hydrogen-bond donors (Lipinski definition) is 1. The summed E-state index contributed by atoms with van der Waals surface area (Å²) in [6, 6.07) is 9.53. The molecule has 0 bridgehead atoms. The van der Waals surface area contributed by atoms with Gasteiger partial charge in [0, 0.05) is 22.2 Å². The van der Waals surface area contributed by atoms with Crippen LogP contribution in [0.4, 0.5) is 0 Å². The molecule has 3 nitrogen and oxygen atoms in total. The van der Waals surface area contributed by atoms with E-state index in [1.807, 2.05) is 25.1 Å². The fourth-order valence-electron chi connectivity index (χ4n) is 3.18. The Kier molecular flexibility index (Phi) is 12.0. The molecule has 0 aromatic heterocycles. The predicted octanol–water partition coefficient (Wildman–Crippen LogP) is 8.18. The second-order valence-electron chi connectivity index (χ2n) is 7.31. The average molecular weight is 517 g/mol. The van der Waals surface area contributed by atoms with Crippen molar-refractivity contribution in [3.05, 3.63) is 56.0 Å². The summed E-state index contributed by atoms with van der Waals surface area (Å²) >= 11 is 15.9. The number of hydrogen-bond acceptors (Lipinski definition) is 3. The first-order valence-electron chi connectivity index (χ1n) is 10.8. The minimum atomic E-state index is 0.338. The molecule has 6 heteroatoms. The molecule has 0 saturated carbocycles. The summed E-state index contributed by atoms with van der Waals surface area (Å²) in [6.07, 6.45) is 7.83. The fraction of sp³-hybridized carbons (Fsp3) is 0.500. The van der Waals surface area contributed by atoms with Crippen LogP contribution in [-0.4, -0.2) is 13.2 Å². The maximum absolute atomic E-state index is 6.26. The lowest BCUT2D eigenvalue weighted by atomic mass is 10.1. The van der Waals surface area contributed by atoms with Gasteiger partial charge < -0.3 is 14.8 Å². The second-order valence-corrected chi connectivity index (χ2v) is 9.00. The molecule has 166 valence electrons. The van der Waals surface area contributed by atoms with E-state index < -0.39 is 0 Å². The molecule has 30 heavy (non-hydrogen) atoms. The zero-order chi connectivity index (χ0) is 21.8. The molecule has 2 aromatic rings. The quantitative estimate of drug-likeness (QED) is 0.257. The third-order valence-corrected chi connectivity index (χ3v) is 5.97. The Morgan fingerprint density at radius 3 is 2.43 bits per heavy atom. The fourth-order valence-corrected chi connectivity index (χ4v) is 4.25. The molecule has 0 aliphatic heterocycles. The number of ether oxygens (including phenoxy) is 2. The highest BCUT2D eigenvalue weighted by Gasteiger charge is 2.13. The van der Waals surface area contributed by atoms with Gasteiger partial charge in [-0.25, -0.2) is 0 Å². The van der Waals surface area contributed by atoms with E-state index in [4.69, 9.17) is 32.7 Å². The summed E-state index contributed by atoms with van der Waals surface area (Å²) in [5, 5.41) is 4.73. The molecule has 2 rings (SSSR count). The zero-order valence-corrected chi connectivity index (χ0v) is 21.0. The topological polar surface area (TPSA) is 30.5 Å². The number of rotatable bonds is 14. The van der Waals surface area contributed by atoms with Crippen LogP contribution in [0.2, 0.25) is 10.0 Å². The van der Waals surface area contributed by atoms with Gasteiger partial charge in [-0.3, -0.25) is 0 Å². The van der Waals surface area contributed by atoms with Crippen molar-refractivity contribution in [3.63, 3.8) is 0 Å². The predicted molar refractivity (Wildman–Crippen MR) is 131 cm³/mol. The normalized spacial score (nSPS) is 11.0. The summed E-state index contributed by atoms with van der Waals surface area (Å²) < 4.78 is 12.8. The summed E-state index contributed by atoms with van der Waals surface area (Å²) in [6.45, 7) is 6.96. The second kappa shape index (κ2) is 14.2. The highest BCUT2D eigenvalue weighted by atomic mass is 79.9. The smallest absolute Gasteiger partial charge is 0.175 e. The summed E-state index contributed by atoms with van der Waals surface area (Å²) in [5.74, 6) is 1.41. The molecule has 0 radical (unpaired) electrons. The first-order valence-corrected chi connectivity index (χ1v) is 12.3. The lowest BCUT2D eigenvalue weighted by Gasteiger charge is -2.16. The molecule has 0 atom stereocenters. The third kappa shape index (κ3) is 8.66. The molecule has 0 aliphatic carbocycles. The van der Waals surface area contributed by atoms with Crippen LogP contribution in [0.3, 0.4) is 0 Å². The first-order chi connectivity index (χ1) is 14.5. The average Bonchev–Trinajstić information content (AvgIpc) is 2.71. The Morgan fingerprint density at radius 2 is 1.70 bits per heavy atom. The van der Waals surface area contributed by atoms with Gasteiger partial charge in [0.15, 0.2) is 11.5 Å². The van der Waals surface area contributed by atoms with Gasteiger partial charge in [-0.1, -0.05) is 68.3 Å². The number of benzene rings is 2. The molecule has 0 spiro atoms. The van der Waals surface area contributed by atoms with Gasteiger partial charge in [0.25, 0.3) is 0 Å². The summed E-state index contributed by atoms with van der Waals surface area (Å²) in [7, 11) is 0. The first kappa shape index (κ1) is 25.3. The van der Waals surface area contributed by atoms with Crippen molar-refractivity contribution in [2.45, 2.75) is 65.5 Å². The van der Waals surface area contributed by atoms with E-state index in [-0.39, 0.29) is 0 Å². The van der Waals surface area contributed by atoms with E-state index in [9.17, 15) is 0 Å². The van der Waals surface area contributed by atoms with Crippen molar-refractivity contribution < 1.29 is 9.47 Å². The molecular formula is C24H32BrCl2NO2. The van der Waals surface area contributed by atoms with Crippen LogP contribution in [0.15, 0.2) is 34.8 Å². The van der Waals surface area contributed by atoms with E-state index in [0.717, 1.165) is 34.4 Å².